The van der Waals surface area contributed by atoms with Gasteiger partial charge in [-0.05, 0) is 0 Å². The summed E-state index contributed by atoms with van der Waals surface area (Å²) in [7, 11) is 3.65. The van der Waals surface area contributed by atoms with Crippen LogP contribution in [0.1, 0.15) is 11.1 Å². The van der Waals surface area contributed by atoms with Gasteiger partial charge >= 0.3 is 0 Å². The van der Waals surface area contributed by atoms with Crippen molar-refractivity contribution in [1.82, 2.24) is 0 Å². The van der Waals surface area contributed by atoms with E-state index in [9.17, 15) is 0 Å². The Balaban J connectivity index is 0. The first kappa shape index (κ1) is 22.5. The zero-order valence-corrected chi connectivity index (χ0v) is 16.9. The molecule has 0 saturated heterocycles. The van der Waals surface area contributed by atoms with Crippen LogP contribution in [0.3, 0.4) is 0 Å². The molecule has 2 rings (SSSR count). The molecular formula is C16H21BrN2Nd-2. The Bertz CT molecular complexity index is 368. The van der Waals surface area contributed by atoms with Crippen molar-refractivity contribution in [3.63, 3.8) is 0 Å². The molecule has 0 spiro atoms. The Morgan fingerprint density at radius 3 is 1.20 bits per heavy atom. The van der Waals surface area contributed by atoms with Gasteiger partial charge in [0.05, 0.1) is 0 Å². The first-order chi connectivity index (χ1) is 8.86. The summed E-state index contributed by atoms with van der Waals surface area (Å²) in [6.07, 6.45) is 0. The zero-order chi connectivity index (χ0) is 13.1. The van der Waals surface area contributed by atoms with Crippen LogP contribution in [0.5, 0.6) is 0 Å². The largest absolute Gasteiger partial charge is 0.661 e. The summed E-state index contributed by atoms with van der Waals surface area (Å²) >= 11 is 0. The number of halogens is 1. The standard InChI is InChI=1S/2C8H10N.BrH.Nd/c2*1-9-7-8-5-3-2-4-6-8;;/h2*2-6H,7H2,1H3;1H;/q2*-1;;. The van der Waals surface area contributed by atoms with E-state index in [1.807, 2.05) is 50.5 Å². The average molecular weight is 466 g/mol. The van der Waals surface area contributed by atoms with Crippen LogP contribution in [0.2, 0.25) is 0 Å². The van der Waals surface area contributed by atoms with Crippen LogP contribution in [0.25, 0.3) is 10.6 Å². The van der Waals surface area contributed by atoms with E-state index in [0.29, 0.717) is 0 Å². The average Bonchev–Trinajstić information content (AvgIpc) is 2.43. The zero-order valence-electron chi connectivity index (χ0n) is 12.0. The second kappa shape index (κ2) is 15.6. The van der Waals surface area contributed by atoms with Crippen molar-refractivity contribution in [2.24, 2.45) is 0 Å². The molecule has 2 aromatic rings. The van der Waals surface area contributed by atoms with Crippen molar-refractivity contribution in [3.05, 3.63) is 82.4 Å². The first-order valence-electron chi connectivity index (χ1n) is 6.06. The molecule has 0 N–H and O–H groups in total. The quantitative estimate of drug-likeness (QED) is 0.611. The van der Waals surface area contributed by atoms with Gasteiger partial charge in [0.1, 0.15) is 0 Å². The summed E-state index contributed by atoms with van der Waals surface area (Å²) in [5.41, 5.74) is 2.56. The molecule has 0 amide bonds. The van der Waals surface area contributed by atoms with E-state index in [1.54, 1.807) is 0 Å². The predicted octanol–water partition coefficient (Wildman–Crippen LogP) is 4.96. The maximum atomic E-state index is 4.01. The smallest absolute Gasteiger partial charge is 0 e. The number of hydrogen-bond acceptors (Lipinski definition) is 0. The van der Waals surface area contributed by atoms with E-state index in [0.717, 1.165) is 13.1 Å². The van der Waals surface area contributed by atoms with E-state index in [4.69, 9.17) is 0 Å². The Hall–Kier alpha value is 0.191. The molecule has 4 heteroatoms. The van der Waals surface area contributed by atoms with Crippen LogP contribution in [0, 0.1) is 40.8 Å². The van der Waals surface area contributed by atoms with Gasteiger partial charge in [-0.2, -0.15) is 14.1 Å². The van der Waals surface area contributed by atoms with Crippen molar-refractivity contribution in [2.45, 2.75) is 13.1 Å². The summed E-state index contributed by atoms with van der Waals surface area (Å²) < 4.78 is 0. The first-order valence-corrected chi connectivity index (χ1v) is 6.06. The minimum absolute atomic E-state index is 0. The molecule has 0 radical (unpaired) electrons. The fraction of sp³-hybridized carbons (Fsp3) is 0.250. The van der Waals surface area contributed by atoms with Crippen molar-refractivity contribution in [3.8, 4) is 0 Å². The van der Waals surface area contributed by atoms with Crippen LogP contribution in [-0.4, -0.2) is 14.1 Å². The van der Waals surface area contributed by atoms with Gasteiger partial charge in [0.25, 0.3) is 0 Å². The van der Waals surface area contributed by atoms with Crippen LogP contribution in [0.15, 0.2) is 60.7 Å². The monoisotopic (exact) mass is 462 g/mol. The predicted molar refractivity (Wildman–Crippen MR) is 89.2 cm³/mol. The summed E-state index contributed by atoms with van der Waals surface area (Å²) in [5.74, 6) is 0. The van der Waals surface area contributed by atoms with Gasteiger partial charge in [0.2, 0.25) is 0 Å². The maximum Gasteiger partial charge on any atom is 0 e. The summed E-state index contributed by atoms with van der Waals surface area (Å²) in [6.45, 7) is 1.67. The second-order valence-corrected chi connectivity index (χ2v) is 3.92. The topological polar surface area (TPSA) is 28.2 Å². The molecular weight excluding hydrogens is 444 g/mol. The number of nitrogens with zero attached hydrogens (tertiary/aromatic N) is 2. The van der Waals surface area contributed by atoms with Gasteiger partial charge in [-0.1, -0.05) is 71.8 Å². The molecule has 0 aromatic heterocycles. The molecule has 2 aromatic carbocycles. The molecule has 0 heterocycles. The van der Waals surface area contributed by atoms with Crippen LogP contribution >= 0.6 is 17.0 Å². The van der Waals surface area contributed by atoms with E-state index in [1.165, 1.54) is 11.1 Å². The second-order valence-electron chi connectivity index (χ2n) is 3.92. The molecule has 0 fully saturated rings. The molecule has 2 nitrogen and oxygen atoms in total. The summed E-state index contributed by atoms with van der Waals surface area (Å²) in [6, 6.07) is 20.4. The molecule has 0 saturated carbocycles. The SMILES string of the molecule is Br.C[N-]Cc1ccccc1.C[N-]Cc1ccccc1.[Nd]. The van der Waals surface area contributed by atoms with Gasteiger partial charge in [-0.15, -0.1) is 30.1 Å². The minimum Gasteiger partial charge on any atom is -0.661 e. The van der Waals surface area contributed by atoms with Crippen LogP contribution in [-0.2, 0) is 13.1 Å². The van der Waals surface area contributed by atoms with Gasteiger partial charge < -0.3 is 10.6 Å². The molecule has 20 heavy (non-hydrogen) atoms. The molecule has 0 aliphatic carbocycles. The van der Waals surface area contributed by atoms with Crippen LogP contribution in [0.4, 0.5) is 0 Å². The third-order valence-corrected chi connectivity index (χ3v) is 2.37. The Morgan fingerprint density at radius 2 is 0.950 bits per heavy atom. The van der Waals surface area contributed by atoms with Gasteiger partial charge in [-0.3, -0.25) is 0 Å². The Labute approximate surface area is 166 Å². The number of benzene rings is 2. The van der Waals surface area contributed by atoms with E-state index in [-0.39, 0.29) is 57.8 Å². The Kier molecular flexibility index (Phi) is 17.5. The van der Waals surface area contributed by atoms with Crippen molar-refractivity contribution >= 4 is 17.0 Å². The maximum absolute atomic E-state index is 4.01. The van der Waals surface area contributed by atoms with E-state index >= 15 is 0 Å². The van der Waals surface area contributed by atoms with Gasteiger partial charge in [-0.25, -0.2) is 0 Å². The molecule has 0 bridgehead atoms. The van der Waals surface area contributed by atoms with Gasteiger partial charge in [0, 0.05) is 40.8 Å². The van der Waals surface area contributed by atoms with Crippen molar-refractivity contribution < 1.29 is 40.8 Å². The normalized spacial score (nSPS) is 8.50. The van der Waals surface area contributed by atoms with Crippen molar-refractivity contribution in [2.75, 3.05) is 14.1 Å². The molecule has 108 valence electrons. The third-order valence-electron chi connectivity index (χ3n) is 2.37. The fourth-order valence-corrected chi connectivity index (χ4v) is 1.53. The van der Waals surface area contributed by atoms with Gasteiger partial charge in [0.15, 0.2) is 0 Å². The molecule has 0 aliphatic heterocycles. The molecule has 0 aliphatic rings. The fourth-order valence-electron chi connectivity index (χ4n) is 1.53. The minimum atomic E-state index is 0. The van der Waals surface area contributed by atoms with E-state index < -0.39 is 0 Å². The van der Waals surface area contributed by atoms with E-state index in [2.05, 4.69) is 34.9 Å². The number of hydrogen-bond donors (Lipinski definition) is 0. The van der Waals surface area contributed by atoms with Crippen molar-refractivity contribution in [1.29, 1.82) is 0 Å². The summed E-state index contributed by atoms with van der Waals surface area (Å²) in [4.78, 5) is 0. The number of rotatable bonds is 4. The molecule has 0 atom stereocenters. The third kappa shape index (κ3) is 10.9. The summed E-state index contributed by atoms with van der Waals surface area (Å²) in [5, 5.41) is 8.01. The molecule has 0 unspecified atom stereocenters. The Morgan fingerprint density at radius 1 is 0.650 bits per heavy atom. The van der Waals surface area contributed by atoms with Crippen LogP contribution < -0.4 is 0 Å².